The molecule has 284 valence electrons. The number of carbonyl (C=O) groups excluding carboxylic acids is 2. The molecule has 4 fully saturated rings. The quantitative estimate of drug-likeness (QED) is 0.0403. The van der Waals surface area contributed by atoms with Gasteiger partial charge in [0, 0.05) is 17.4 Å². The average molecular weight is 784 g/mol. The van der Waals surface area contributed by atoms with Crippen LogP contribution in [0.3, 0.4) is 0 Å². The number of urea groups is 1. The van der Waals surface area contributed by atoms with Gasteiger partial charge in [-0.05, 0) is 12.8 Å². The summed E-state index contributed by atoms with van der Waals surface area (Å²) in [6.45, 7) is -2.05. The Bertz CT molecular complexity index is 1690. The molecule has 0 bridgehead atoms. The molecule has 0 spiro atoms. The second-order valence-corrected chi connectivity index (χ2v) is 16.3. The van der Waals surface area contributed by atoms with E-state index < -0.39 is 84.0 Å². The number of thioether (sulfide) groups is 1. The minimum absolute atomic E-state index is 0.0226. The predicted octanol–water partition coefficient (Wildman–Crippen LogP) is -3.27. The maximum absolute atomic E-state index is 12.4. The van der Waals surface area contributed by atoms with E-state index in [9.17, 15) is 48.9 Å². The molecule has 13 atom stereocenters. The zero-order chi connectivity index (χ0) is 36.7. The highest BCUT2D eigenvalue weighted by Gasteiger charge is 2.47. The topological polar surface area (TPSA) is 344 Å². The van der Waals surface area contributed by atoms with Crippen molar-refractivity contribution in [3.8, 4) is 0 Å². The van der Waals surface area contributed by atoms with Crippen LogP contribution in [0.25, 0.3) is 11.2 Å². The van der Waals surface area contributed by atoms with Gasteiger partial charge in [-0.3, -0.25) is 18.5 Å². The molecule has 3 unspecified atom stereocenters. The number of esters is 1. The molecule has 4 aliphatic rings. The molecular weight excluding hydrogens is 748 g/mol. The van der Waals surface area contributed by atoms with E-state index in [4.69, 9.17) is 19.9 Å². The number of anilines is 1. The molecular formula is C25H35N7O16P2S-2. The number of nitrogens with zero attached hydrogens (tertiary/aromatic N) is 4. The number of aliphatic hydroxyl groups is 4. The van der Waals surface area contributed by atoms with Crippen LogP contribution >= 0.6 is 27.4 Å². The van der Waals surface area contributed by atoms with Gasteiger partial charge in [-0.15, -0.1) is 0 Å². The van der Waals surface area contributed by atoms with Crippen LogP contribution in [0.4, 0.5) is 10.6 Å². The highest BCUT2D eigenvalue weighted by Crippen LogP contribution is 2.56. The van der Waals surface area contributed by atoms with Crippen LogP contribution in [-0.4, -0.2) is 131 Å². The van der Waals surface area contributed by atoms with Crippen LogP contribution in [0, 0.1) is 0 Å². The number of phosphoric acid groups is 2. The summed E-state index contributed by atoms with van der Waals surface area (Å²) in [5, 5.41) is 47.5. The summed E-state index contributed by atoms with van der Waals surface area (Å²) >= 11 is 1.73. The Morgan fingerprint density at radius 3 is 2.45 bits per heavy atom. The third-order valence-corrected chi connectivity index (χ3v) is 12.7. The molecule has 0 radical (unpaired) electrons. The second kappa shape index (κ2) is 15.4. The van der Waals surface area contributed by atoms with E-state index in [2.05, 4.69) is 38.9 Å². The third kappa shape index (κ3) is 8.65. The fourth-order valence-electron chi connectivity index (χ4n) is 6.10. The number of unbranched alkanes of at least 4 members (excludes halogenated alkanes) is 1. The number of nitrogens with two attached hydrogens (primary N) is 1. The highest BCUT2D eigenvalue weighted by atomic mass is 32.2. The maximum Gasteiger partial charge on any atom is 0.315 e. The van der Waals surface area contributed by atoms with E-state index in [1.165, 1.54) is 10.9 Å². The molecule has 0 aliphatic carbocycles. The number of fused-ring (bicyclic) bond motifs is 2. The normalized spacial score (nSPS) is 35.6. The molecule has 2 aromatic rings. The largest absolute Gasteiger partial charge is 0.756 e. The van der Waals surface area contributed by atoms with Gasteiger partial charge in [0.25, 0.3) is 15.6 Å². The van der Waals surface area contributed by atoms with Crippen molar-refractivity contribution in [3.63, 3.8) is 0 Å². The number of phosphoric ester groups is 2. The SMILES string of the molecule is Nc1ncnc2c1ncn2[C@@H]1O[C@H](COP(=O)([O-])OP(=O)([O-])OC[C@H]2OC(O)[C@H](OC(=O)CCCC[C@@H]3SC[C@@H]4NC(=O)N[C@@H]43)[C@@H]2O)[C@@H](O)[C@H]1O. The Kier molecular flexibility index (Phi) is 11.6. The van der Waals surface area contributed by atoms with Gasteiger partial charge >= 0.3 is 12.0 Å². The first-order valence-electron chi connectivity index (χ1n) is 15.6. The summed E-state index contributed by atoms with van der Waals surface area (Å²) in [6.07, 6.45) is -8.88. The van der Waals surface area contributed by atoms with Crippen molar-refractivity contribution in [3.05, 3.63) is 12.7 Å². The molecule has 4 saturated heterocycles. The van der Waals surface area contributed by atoms with Crippen molar-refractivity contribution in [2.45, 2.75) is 92.2 Å². The Morgan fingerprint density at radius 2 is 1.73 bits per heavy atom. The predicted molar refractivity (Wildman–Crippen MR) is 165 cm³/mol. The van der Waals surface area contributed by atoms with Gasteiger partial charge in [-0.2, -0.15) is 11.8 Å². The molecule has 4 aliphatic heterocycles. The average Bonchev–Trinajstić information content (AvgIpc) is 3.86. The zero-order valence-electron chi connectivity index (χ0n) is 26.3. The number of aliphatic hydroxyl groups excluding tert-OH is 4. The Morgan fingerprint density at radius 1 is 1.02 bits per heavy atom. The van der Waals surface area contributed by atoms with Gasteiger partial charge in [-0.25, -0.2) is 24.1 Å². The number of nitrogen functional groups attached to an aromatic ring is 1. The lowest BCUT2D eigenvalue weighted by molar-refractivity contribution is -0.247. The first kappa shape index (κ1) is 38.2. The number of hydrogen-bond donors (Lipinski definition) is 7. The van der Waals surface area contributed by atoms with Crippen molar-refractivity contribution in [1.82, 2.24) is 30.2 Å². The summed E-state index contributed by atoms with van der Waals surface area (Å²) in [7, 11) is -11.4. The lowest BCUT2D eigenvalue weighted by Crippen LogP contribution is -2.38. The van der Waals surface area contributed by atoms with Crippen molar-refractivity contribution in [1.29, 1.82) is 0 Å². The number of amides is 2. The molecule has 2 amide bonds. The fraction of sp³-hybridized carbons (Fsp3) is 0.720. The Labute approximate surface area is 292 Å². The van der Waals surface area contributed by atoms with E-state index in [-0.39, 0.29) is 46.8 Å². The van der Waals surface area contributed by atoms with Gasteiger partial charge in [-0.1, -0.05) is 6.42 Å². The minimum atomic E-state index is -5.72. The van der Waals surface area contributed by atoms with Crippen LogP contribution < -0.4 is 26.2 Å². The number of carbonyl (C=O) groups is 2. The van der Waals surface area contributed by atoms with Gasteiger partial charge in [0.05, 0.1) is 31.6 Å². The number of rotatable bonds is 15. The number of ether oxygens (including phenoxy) is 3. The van der Waals surface area contributed by atoms with E-state index in [0.717, 1.165) is 18.5 Å². The van der Waals surface area contributed by atoms with Gasteiger partial charge in [0.2, 0.25) is 0 Å². The third-order valence-electron chi connectivity index (χ3n) is 8.63. The molecule has 6 rings (SSSR count). The standard InChI is InChI=1S/C25H37N7O16P2S/c26-21-16-22(28-8-27-21)32(9-29-16)23-19(36)17(34)11(45-23)5-43-49(39,40)48-50(41,42)44-6-12-18(35)20(24(37)46-12)47-14(33)4-2-1-3-13-15-10(7-51-13)30-25(38)31-15/h8-13,15,17-20,23-24,34-37H,1-7H2,(H,39,40)(H,41,42)(H2,26,27,28)(H2,30,31,38)/p-2/t10-,11+,12+,13-,15-,17+,18+,19+,20+,23+,24?/m0/s1. The van der Waals surface area contributed by atoms with Crippen molar-refractivity contribution in [2.75, 3.05) is 24.7 Å². The van der Waals surface area contributed by atoms with Gasteiger partial charge in [0.15, 0.2) is 30.1 Å². The van der Waals surface area contributed by atoms with Crippen molar-refractivity contribution in [2.24, 2.45) is 0 Å². The number of hydrogen-bond acceptors (Lipinski definition) is 21. The molecule has 0 saturated carbocycles. The number of aromatic nitrogens is 4. The van der Waals surface area contributed by atoms with Crippen LogP contribution in [0.1, 0.15) is 31.9 Å². The number of nitrogens with one attached hydrogen (secondary N) is 2. The van der Waals surface area contributed by atoms with Crippen LogP contribution in [-0.2, 0) is 41.5 Å². The molecule has 51 heavy (non-hydrogen) atoms. The monoisotopic (exact) mass is 783 g/mol. The lowest BCUT2D eigenvalue weighted by Gasteiger charge is -2.32. The highest BCUT2D eigenvalue weighted by molar-refractivity contribution is 8.00. The van der Waals surface area contributed by atoms with Gasteiger partial charge < -0.3 is 69.8 Å². The zero-order valence-corrected chi connectivity index (χ0v) is 28.9. The van der Waals surface area contributed by atoms with Crippen LogP contribution in [0.5, 0.6) is 0 Å². The molecule has 0 aromatic carbocycles. The van der Waals surface area contributed by atoms with E-state index in [1.54, 1.807) is 11.8 Å². The summed E-state index contributed by atoms with van der Waals surface area (Å²) in [4.78, 5) is 60.4. The first-order valence-corrected chi connectivity index (χ1v) is 19.6. The first-order chi connectivity index (χ1) is 24.1. The fourth-order valence-corrected chi connectivity index (χ4v) is 9.66. The Hall–Kier alpha value is -2.54. The van der Waals surface area contributed by atoms with Crippen molar-refractivity contribution < 1.29 is 76.5 Å². The van der Waals surface area contributed by atoms with Gasteiger partial charge in [0.1, 0.15) is 42.4 Å². The molecule has 2 aromatic heterocycles. The number of imidazole rings is 1. The summed E-state index contributed by atoms with van der Waals surface area (Å²) in [5.41, 5.74) is 6.06. The smallest absolute Gasteiger partial charge is 0.315 e. The Balaban J connectivity index is 0.920. The molecule has 6 heterocycles. The van der Waals surface area contributed by atoms with E-state index in [0.29, 0.717) is 12.8 Å². The maximum atomic E-state index is 12.4. The molecule has 23 nitrogen and oxygen atoms in total. The lowest BCUT2D eigenvalue weighted by atomic mass is 10.0. The molecule has 8 N–H and O–H groups in total. The van der Waals surface area contributed by atoms with Crippen LogP contribution in [0.15, 0.2) is 12.7 Å². The summed E-state index contributed by atoms with van der Waals surface area (Å²) in [6, 6.07) is -0.101. The summed E-state index contributed by atoms with van der Waals surface area (Å²) < 4.78 is 54.7. The van der Waals surface area contributed by atoms with E-state index >= 15 is 0 Å². The van der Waals surface area contributed by atoms with Crippen LogP contribution in [0.2, 0.25) is 0 Å². The second-order valence-electron chi connectivity index (χ2n) is 12.1. The van der Waals surface area contributed by atoms with E-state index in [1.807, 2.05) is 0 Å². The van der Waals surface area contributed by atoms with Crippen molar-refractivity contribution >= 4 is 56.4 Å². The molecule has 26 heteroatoms. The summed E-state index contributed by atoms with van der Waals surface area (Å²) in [5.74, 6) is 0.0680. The minimum Gasteiger partial charge on any atom is -0.756 e.